The van der Waals surface area contributed by atoms with Crippen LogP contribution in [0, 0.1) is 5.92 Å². The molecule has 2 aromatic rings. The number of hydrogen-bond donors (Lipinski definition) is 1. The zero-order valence-corrected chi connectivity index (χ0v) is 14.8. The normalized spacial score (nSPS) is 10.7. The van der Waals surface area contributed by atoms with Gasteiger partial charge in [-0.25, -0.2) is 0 Å². The highest BCUT2D eigenvalue weighted by Gasteiger charge is 2.02. The molecule has 0 aliphatic heterocycles. The highest BCUT2D eigenvalue weighted by Crippen LogP contribution is 2.27. The maximum absolute atomic E-state index is 6.05. The Labute approximate surface area is 147 Å². The number of nitrogens with one attached hydrogen (secondary N) is 1. The molecule has 1 N–H and O–H groups in total. The van der Waals surface area contributed by atoms with Gasteiger partial charge in [0.25, 0.3) is 0 Å². The third-order valence-electron chi connectivity index (χ3n) is 3.02. The van der Waals surface area contributed by atoms with Crippen molar-refractivity contribution in [1.82, 2.24) is 0 Å². The van der Waals surface area contributed by atoms with Crippen molar-refractivity contribution >= 4 is 28.9 Å². The van der Waals surface area contributed by atoms with Crippen molar-refractivity contribution in [2.45, 2.75) is 13.8 Å². The summed E-state index contributed by atoms with van der Waals surface area (Å²) >= 11 is 11.9. The molecule has 0 fully saturated rings. The van der Waals surface area contributed by atoms with E-state index in [1.807, 2.05) is 24.3 Å². The smallest absolute Gasteiger partial charge is 0.138 e. The van der Waals surface area contributed by atoms with Crippen LogP contribution < -0.4 is 14.8 Å². The number of rotatable bonds is 8. The first kappa shape index (κ1) is 17.8. The van der Waals surface area contributed by atoms with Gasteiger partial charge in [0.1, 0.15) is 18.1 Å². The number of benzene rings is 2. The Morgan fingerprint density at radius 2 is 1.74 bits per heavy atom. The molecule has 0 saturated carbocycles. The van der Waals surface area contributed by atoms with Crippen molar-refractivity contribution in [3.05, 3.63) is 52.5 Å². The van der Waals surface area contributed by atoms with Crippen molar-refractivity contribution in [2.75, 3.05) is 25.1 Å². The van der Waals surface area contributed by atoms with Crippen LogP contribution in [0.15, 0.2) is 42.5 Å². The maximum atomic E-state index is 6.05. The van der Waals surface area contributed by atoms with Gasteiger partial charge in [-0.15, -0.1) is 0 Å². The SMILES string of the molecule is CC(C)COc1ccc(NCCOc2ccc(Cl)cc2Cl)cc1. The minimum atomic E-state index is 0.507. The van der Waals surface area contributed by atoms with Crippen LogP contribution in [0.2, 0.25) is 10.0 Å². The molecule has 0 saturated heterocycles. The number of anilines is 1. The van der Waals surface area contributed by atoms with Gasteiger partial charge < -0.3 is 14.8 Å². The Kier molecular flexibility index (Phi) is 6.87. The summed E-state index contributed by atoms with van der Waals surface area (Å²) in [5, 5.41) is 4.40. The summed E-state index contributed by atoms with van der Waals surface area (Å²) in [6.45, 7) is 6.16. The van der Waals surface area contributed by atoms with Crippen LogP contribution in [0.1, 0.15) is 13.8 Å². The zero-order valence-electron chi connectivity index (χ0n) is 13.3. The number of hydrogen-bond acceptors (Lipinski definition) is 3. The van der Waals surface area contributed by atoms with Crippen molar-refractivity contribution in [3.63, 3.8) is 0 Å². The van der Waals surface area contributed by atoms with Gasteiger partial charge in [-0.05, 0) is 48.4 Å². The van der Waals surface area contributed by atoms with Crippen molar-refractivity contribution in [2.24, 2.45) is 5.92 Å². The average Bonchev–Trinajstić information content (AvgIpc) is 2.52. The van der Waals surface area contributed by atoms with E-state index < -0.39 is 0 Å². The largest absolute Gasteiger partial charge is 0.493 e. The Balaban J connectivity index is 1.73. The van der Waals surface area contributed by atoms with E-state index in [0.717, 1.165) is 18.0 Å². The first-order valence-electron chi connectivity index (χ1n) is 7.59. The quantitative estimate of drug-likeness (QED) is 0.633. The summed E-state index contributed by atoms with van der Waals surface area (Å²) in [5.74, 6) is 2.04. The summed E-state index contributed by atoms with van der Waals surface area (Å²) in [4.78, 5) is 0. The van der Waals surface area contributed by atoms with Crippen LogP contribution in [0.25, 0.3) is 0 Å². The molecule has 0 spiro atoms. The minimum Gasteiger partial charge on any atom is -0.493 e. The molecule has 0 aliphatic rings. The fourth-order valence-corrected chi connectivity index (χ4v) is 2.34. The molecule has 124 valence electrons. The molecule has 2 rings (SSSR count). The van der Waals surface area contributed by atoms with E-state index in [1.165, 1.54) is 0 Å². The Hall–Kier alpha value is -1.58. The van der Waals surface area contributed by atoms with Crippen molar-refractivity contribution in [3.8, 4) is 11.5 Å². The van der Waals surface area contributed by atoms with Crippen LogP contribution in [0.5, 0.6) is 11.5 Å². The van der Waals surface area contributed by atoms with Crippen molar-refractivity contribution in [1.29, 1.82) is 0 Å². The maximum Gasteiger partial charge on any atom is 0.138 e. The summed E-state index contributed by atoms with van der Waals surface area (Å²) < 4.78 is 11.3. The molecule has 0 amide bonds. The summed E-state index contributed by atoms with van der Waals surface area (Å²) in [6.07, 6.45) is 0. The molecule has 0 radical (unpaired) electrons. The molecule has 0 atom stereocenters. The van der Waals surface area contributed by atoms with Gasteiger partial charge in [-0.1, -0.05) is 37.0 Å². The molecule has 23 heavy (non-hydrogen) atoms. The standard InChI is InChI=1S/C18H21Cl2NO2/c1-13(2)12-23-16-6-4-15(5-7-16)21-9-10-22-18-8-3-14(19)11-17(18)20/h3-8,11,13,21H,9-10,12H2,1-2H3. The lowest BCUT2D eigenvalue weighted by Gasteiger charge is -2.11. The molecule has 5 heteroatoms. The Morgan fingerprint density at radius 1 is 1.00 bits per heavy atom. The molecule has 0 bridgehead atoms. The number of halogens is 2. The van der Waals surface area contributed by atoms with E-state index in [-0.39, 0.29) is 0 Å². The topological polar surface area (TPSA) is 30.5 Å². The van der Waals surface area contributed by atoms with Gasteiger partial charge in [0.15, 0.2) is 0 Å². The van der Waals surface area contributed by atoms with Crippen LogP contribution in [-0.4, -0.2) is 19.8 Å². The molecular formula is C18H21Cl2NO2. The Morgan fingerprint density at radius 3 is 2.39 bits per heavy atom. The third-order valence-corrected chi connectivity index (χ3v) is 3.55. The first-order chi connectivity index (χ1) is 11.0. The van der Waals surface area contributed by atoms with Crippen LogP contribution in [-0.2, 0) is 0 Å². The van der Waals surface area contributed by atoms with Gasteiger partial charge in [0.2, 0.25) is 0 Å². The fraction of sp³-hybridized carbons (Fsp3) is 0.333. The van der Waals surface area contributed by atoms with Crippen molar-refractivity contribution < 1.29 is 9.47 Å². The van der Waals surface area contributed by atoms with E-state index in [2.05, 4.69) is 19.2 Å². The average molecular weight is 354 g/mol. The minimum absolute atomic E-state index is 0.507. The van der Waals surface area contributed by atoms with E-state index in [1.54, 1.807) is 18.2 Å². The molecule has 0 heterocycles. The first-order valence-corrected chi connectivity index (χ1v) is 8.35. The summed E-state index contributed by atoms with van der Waals surface area (Å²) in [6, 6.07) is 13.1. The van der Waals surface area contributed by atoms with Crippen LogP contribution in [0.4, 0.5) is 5.69 Å². The lowest BCUT2D eigenvalue weighted by atomic mass is 10.2. The van der Waals surface area contributed by atoms with Gasteiger partial charge in [-0.3, -0.25) is 0 Å². The Bertz CT molecular complexity index is 615. The summed E-state index contributed by atoms with van der Waals surface area (Å²) in [5.41, 5.74) is 1.02. The monoisotopic (exact) mass is 353 g/mol. The van der Waals surface area contributed by atoms with E-state index in [4.69, 9.17) is 32.7 Å². The predicted molar refractivity (Wildman–Crippen MR) is 97.2 cm³/mol. The fourth-order valence-electron chi connectivity index (χ4n) is 1.88. The molecule has 0 aliphatic carbocycles. The third kappa shape index (κ3) is 6.20. The second kappa shape index (κ2) is 8.90. The molecule has 3 nitrogen and oxygen atoms in total. The molecular weight excluding hydrogens is 333 g/mol. The lowest BCUT2D eigenvalue weighted by molar-refractivity contribution is 0.271. The lowest BCUT2D eigenvalue weighted by Crippen LogP contribution is -2.11. The number of ether oxygens (including phenoxy) is 2. The van der Waals surface area contributed by atoms with Gasteiger partial charge in [0, 0.05) is 17.3 Å². The molecule has 2 aromatic carbocycles. The summed E-state index contributed by atoms with van der Waals surface area (Å²) in [7, 11) is 0. The zero-order chi connectivity index (χ0) is 16.7. The van der Waals surface area contributed by atoms with E-state index in [0.29, 0.717) is 34.9 Å². The van der Waals surface area contributed by atoms with Crippen LogP contribution in [0.3, 0.4) is 0 Å². The van der Waals surface area contributed by atoms with Gasteiger partial charge in [-0.2, -0.15) is 0 Å². The second-order valence-electron chi connectivity index (χ2n) is 5.58. The van der Waals surface area contributed by atoms with E-state index >= 15 is 0 Å². The van der Waals surface area contributed by atoms with Gasteiger partial charge >= 0.3 is 0 Å². The second-order valence-corrected chi connectivity index (χ2v) is 6.42. The van der Waals surface area contributed by atoms with Gasteiger partial charge in [0.05, 0.1) is 11.6 Å². The molecule has 0 unspecified atom stereocenters. The van der Waals surface area contributed by atoms with Crippen LogP contribution >= 0.6 is 23.2 Å². The highest BCUT2D eigenvalue weighted by atomic mass is 35.5. The predicted octanol–water partition coefficient (Wildman–Crippen LogP) is 5.52. The highest BCUT2D eigenvalue weighted by molar-refractivity contribution is 6.35. The van der Waals surface area contributed by atoms with E-state index in [9.17, 15) is 0 Å². The molecule has 0 aromatic heterocycles.